The van der Waals surface area contributed by atoms with Gasteiger partial charge in [-0.25, -0.2) is 0 Å². The van der Waals surface area contributed by atoms with Crippen molar-refractivity contribution in [1.82, 2.24) is 5.32 Å². The van der Waals surface area contributed by atoms with Gasteiger partial charge in [0, 0.05) is 12.1 Å². The molecule has 0 fully saturated rings. The van der Waals surface area contributed by atoms with E-state index in [4.69, 9.17) is 4.74 Å². The van der Waals surface area contributed by atoms with E-state index in [1.807, 2.05) is 60.7 Å². The molecule has 1 amide bonds. The molecule has 0 spiro atoms. The molecule has 1 atom stereocenters. The molecule has 2 aromatic carbocycles. The number of carbonyl (C=O) groups excluding carboxylic acids is 1. The molecule has 3 heteroatoms. The Morgan fingerprint density at radius 2 is 1.78 bits per heavy atom. The van der Waals surface area contributed by atoms with Crippen molar-refractivity contribution in [3.8, 4) is 5.75 Å². The Morgan fingerprint density at radius 1 is 1.07 bits per heavy atom. The number of benzene rings is 2. The normalized spacial score (nSPS) is 12.5. The fourth-order valence-corrected chi connectivity index (χ4v) is 3.04. The first-order valence-electron chi connectivity index (χ1n) is 9.87. The van der Waals surface area contributed by atoms with Gasteiger partial charge in [-0.2, -0.15) is 0 Å². The van der Waals surface area contributed by atoms with E-state index in [2.05, 4.69) is 19.2 Å². The first-order valence-corrected chi connectivity index (χ1v) is 9.87. The molecule has 0 saturated heterocycles. The Kier molecular flexibility index (Phi) is 8.63. The number of nitrogens with one attached hydrogen (secondary N) is 1. The second-order valence-corrected chi connectivity index (χ2v) is 6.82. The molecule has 0 aromatic heterocycles. The topological polar surface area (TPSA) is 38.3 Å². The molecule has 0 radical (unpaired) electrons. The molecule has 0 aliphatic heterocycles. The van der Waals surface area contributed by atoms with Gasteiger partial charge in [0.1, 0.15) is 5.75 Å². The summed E-state index contributed by atoms with van der Waals surface area (Å²) >= 11 is 0. The highest BCUT2D eigenvalue weighted by atomic mass is 16.5. The van der Waals surface area contributed by atoms with Crippen molar-refractivity contribution in [1.29, 1.82) is 0 Å². The molecule has 0 unspecified atom stereocenters. The first-order chi connectivity index (χ1) is 13.2. The number of amides is 1. The molecular formula is C24H31NO2. The summed E-state index contributed by atoms with van der Waals surface area (Å²) in [6.45, 7) is 5.12. The lowest BCUT2D eigenvalue weighted by Crippen LogP contribution is -2.29. The van der Waals surface area contributed by atoms with Crippen molar-refractivity contribution < 1.29 is 9.53 Å². The third-order valence-corrected chi connectivity index (χ3v) is 4.85. The molecule has 2 rings (SSSR count). The van der Waals surface area contributed by atoms with Crippen LogP contribution in [0.4, 0.5) is 0 Å². The van der Waals surface area contributed by atoms with E-state index in [1.54, 1.807) is 7.11 Å². The molecule has 3 nitrogen and oxygen atoms in total. The molecule has 0 bridgehead atoms. The van der Waals surface area contributed by atoms with Gasteiger partial charge in [-0.15, -0.1) is 0 Å². The molecule has 0 aliphatic carbocycles. The number of ether oxygens (including phenoxy) is 1. The maximum Gasteiger partial charge on any atom is 0.251 e. The number of methoxy groups -OCH3 is 1. The van der Waals surface area contributed by atoms with Gasteiger partial charge in [-0.3, -0.25) is 4.79 Å². The van der Waals surface area contributed by atoms with Crippen LogP contribution in [0.5, 0.6) is 5.75 Å². The van der Waals surface area contributed by atoms with E-state index < -0.39 is 0 Å². The summed E-state index contributed by atoms with van der Waals surface area (Å²) in [6.07, 6.45) is 6.59. The minimum absolute atomic E-state index is 0.0213. The summed E-state index contributed by atoms with van der Waals surface area (Å²) in [5.41, 5.74) is 2.58. The Hall–Kier alpha value is -2.55. The molecular weight excluding hydrogens is 334 g/mol. The average Bonchev–Trinajstić information content (AvgIpc) is 2.73. The summed E-state index contributed by atoms with van der Waals surface area (Å²) in [4.78, 5) is 13.0. The Bertz CT molecular complexity index is 720. The molecule has 27 heavy (non-hydrogen) atoms. The first kappa shape index (κ1) is 20.8. The smallest absolute Gasteiger partial charge is 0.251 e. The highest BCUT2D eigenvalue weighted by molar-refractivity contribution is 6.24. The van der Waals surface area contributed by atoms with Crippen LogP contribution in [0.25, 0.3) is 11.6 Å². The third kappa shape index (κ3) is 6.59. The van der Waals surface area contributed by atoms with Gasteiger partial charge in [0.2, 0.25) is 0 Å². The van der Waals surface area contributed by atoms with Crippen LogP contribution in [0.1, 0.15) is 50.7 Å². The van der Waals surface area contributed by atoms with Crippen molar-refractivity contribution in [2.24, 2.45) is 5.92 Å². The van der Waals surface area contributed by atoms with Gasteiger partial charge in [0.15, 0.2) is 0 Å². The number of hydrogen-bond donors (Lipinski definition) is 1. The quantitative estimate of drug-likeness (QED) is 0.442. The van der Waals surface area contributed by atoms with Gasteiger partial charge in [0.05, 0.1) is 7.11 Å². The van der Waals surface area contributed by atoms with E-state index in [-0.39, 0.29) is 5.91 Å². The SMILES string of the molecule is CCCC[C@@H](CC)CNC(=O)/C(=C/c1ccc(OC)cc1)c1ccccc1. The monoisotopic (exact) mass is 365 g/mol. The van der Waals surface area contributed by atoms with Gasteiger partial charge in [-0.1, -0.05) is 75.6 Å². The zero-order valence-electron chi connectivity index (χ0n) is 16.7. The van der Waals surface area contributed by atoms with E-state index in [0.717, 1.165) is 36.3 Å². The number of rotatable bonds is 10. The van der Waals surface area contributed by atoms with Gasteiger partial charge in [-0.05, 0) is 41.7 Å². The molecule has 0 saturated carbocycles. The van der Waals surface area contributed by atoms with Crippen LogP contribution in [0, 0.1) is 5.92 Å². The fourth-order valence-electron chi connectivity index (χ4n) is 3.04. The second-order valence-electron chi connectivity index (χ2n) is 6.82. The standard InChI is InChI=1S/C24H31NO2/c1-4-6-10-19(5-2)18-25-24(26)23(21-11-8-7-9-12-21)17-20-13-15-22(27-3)16-14-20/h7-9,11-17,19H,4-6,10,18H2,1-3H3,(H,25,26)/b23-17+/t19-/m1/s1. The number of carbonyl (C=O) groups is 1. The molecule has 2 aromatic rings. The number of unbranched alkanes of at least 4 members (excludes halogenated alkanes) is 1. The van der Waals surface area contributed by atoms with Crippen molar-refractivity contribution in [2.75, 3.05) is 13.7 Å². The lowest BCUT2D eigenvalue weighted by molar-refractivity contribution is -0.115. The van der Waals surface area contributed by atoms with Gasteiger partial charge in [0.25, 0.3) is 5.91 Å². The summed E-state index contributed by atoms with van der Waals surface area (Å²) in [5, 5.41) is 3.15. The fraction of sp³-hybridized carbons (Fsp3) is 0.375. The van der Waals surface area contributed by atoms with Crippen LogP contribution in [-0.2, 0) is 4.79 Å². The Labute approximate surface area is 163 Å². The summed E-state index contributed by atoms with van der Waals surface area (Å²) in [7, 11) is 1.65. The zero-order valence-corrected chi connectivity index (χ0v) is 16.7. The van der Waals surface area contributed by atoms with Crippen LogP contribution >= 0.6 is 0 Å². The van der Waals surface area contributed by atoms with E-state index >= 15 is 0 Å². The van der Waals surface area contributed by atoms with Crippen LogP contribution in [0.15, 0.2) is 54.6 Å². The summed E-state index contributed by atoms with van der Waals surface area (Å²) in [6, 6.07) is 17.6. The van der Waals surface area contributed by atoms with Crippen molar-refractivity contribution >= 4 is 17.6 Å². The lowest BCUT2D eigenvalue weighted by atomic mass is 9.98. The number of hydrogen-bond acceptors (Lipinski definition) is 2. The van der Waals surface area contributed by atoms with Crippen LogP contribution in [0.2, 0.25) is 0 Å². The molecule has 144 valence electrons. The highest BCUT2D eigenvalue weighted by Gasteiger charge is 2.14. The van der Waals surface area contributed by atoms with E-state index in [0.29, 0.717) is 11.5 Å². The van der Waals surface area contributed by atoms with Crippen molar-refractivity contribution in [3.63, 3.8) is 0 Å². The van der Waals surface area contributed by atoms with Gasteiger partial charge < -0.3 is 10.1 Å². The largest absolute Gasteiger partial charge is 0.497 e. The van der Waals surface area contributed by atoms with Crippen LogP contribution in [-0.4, -0.2) is 19.6 Å². The minimum Gasteiger partial charge on any atom is -0.497 e. The average molecular weight is 366 g/mol. The molecule has 0 aliphatic rings. The molecule has 0 heterocycles. The highest BCUT2D eigenvalue weighted by Crippen LogP contribution is 2.21. The van der Waals surface area contributed by atoms with Gasteiger partial charge >= 0.3 is 0 Å². The second kappa shape index (κ2) is 11.2. The summed E-state index contributed by atoms with van der Waals surface area (Å²) < 4.78 is 5.22. The van der Waals surface area contributed by atoms with Crippen LogP contribution < -0.4 is 10.1 Å². The minimum atomic E-state index is -0.0213. The predicted octanol–water partition coefficient (Wildman–Crippen LogP) is 5.57. The Morgan fingerprint density at radius 3 is 2.37 bits per heavy atom. The maximum atomic E-state index is 13.0. The van der Waals surface area contributed by atoms with E-state index in [1.165, 1.54) is 12.8 Å². The Balaban J connectivity index is 2.19. The lowest BCUT2D eigenvalue weighted by Gasteiger charge is -2.16. The summed E-state index contributed by atoms with van der Waals surface area (Å²) in [5.74, 6) is 1.32. The molecule has 1 N–H and O–H groups in total. The van der Waals surface area contributed by atoms with Crippen LogP contribution in [0.3, 0.4) is 0 Å². The zero-order chi connectivity index (χ0) is 19.5. The van der Waals surface area contributed by atoms with Crippen molar-refractivity contribution in [2.45, 2.75) is 39.5 Å². The van der Waals surface area contributed by atoms with Crippen molar-refractivity contribution in [3.05, 3.63) is 65.7 Å². The van der Waals surface area contributed by atoms with E-state index in [9.17, 15) is 4.79 Å². The predicted molar refractivity (Wildman–Crippen MR) is 114 cm³/mol. The maximum absolute atomic E-state index is 13.0. The third-order valence-electron chi connectivity index (χ3n) is 4.85.